The van der Waals surface area contributed by atoms with Crippen molar-refractivity contribution in [2.24, 2.45) is 5.73 Å². The number of benzene rings is 1. The van der Waals surface area contributed by atoms with Crippen molar-refractivity contribution in [1.82, 2.24) is 4.57 Å². The van der Waals surface area contributed by atoms with Crippen LogP contribution < -0.4 is 11.5 Å². The number of hydrogen-bond acceptors (Lipinski definition) is 3. The summed E-state index contributed by atoms with van der Waals surface area (Å²) in [5, 5.41) is 0. The summed E-state index contributed by atoms with van der Waals surface area (Å²) < 4.78 is 6.75. The molecule has 0 aliphatic rings. The molecule has 0 amide bonds. The molecular formula is C11H14N2O2. The average Bonchev–Trinajstić information content (AvgIpc) is 2.51. The van der Waals surface area contributed by atoms with Crippen LogP contribution in [-0.2, 0) is 6.54 Å². The fourth-order valence-corrected chi connectivity index (χ4v) is 1.63. The minimum absolute atomic E-state index is 0.302. The zero-order valence-electron chi connectivity index (χ0n) is 8.69. The van der Waals surface area contributed by atoms with Gasteiger partial charge in [-0.15, -0.1) is 0 Å². The van der Waals surface area contributed by atoms with Crippen molar-refractivity contribution in [2.75, 3.05) is 6.54 Å². The van der Waals surface area contributed by atoms with E-state index >= 15 is 0 Å². The number of fused-ring (bicyclic) bond motifs is 1. The fourth-order valence-electron chi connectivity index (χ4n) is 1.63. The summed E-state index contributed by atoms with van der Waals surface area (Å²) in [6, 6.07) is 5.71. The van der Waals surface area contributed by atoms with Crippen LogP contribution in [0.5, 0.6) is 0 Å². The minimum atomic E-state index is -0.302. The molecule has 2 N–H and O–H groups in total. The zero-order chi connectivity index (χ0) is 10.8. The van der Waals surface area contributed by atoms with Gasteiger partial charge < -0.3 is 10.2 Å². The topological polar surface area (TPSA) is 61.2 Å². The Kier molecular flexibility index (Phi) is 2.60. The molecule has 0 unspecified atom stereocenters. The fraction of sp³-hybridized carbons (Fsp3) is 0.364. The highest BCUT2D eigenvalue weighted by atomic mass is 16.4. The molecule has 0 saturated carbocycles. The van der Waals surface area contributed by atoms with Gasteiger partial charge in [0.05, 0.1) is 5.52 Å². The Morgan fingerprint density at radius 2 is 2.27 bits per heavy atom. The van der Waals surface area contributed by atoms with Gasteiger partial charge in [-0.05, 0) is 37.6 Å². The van der Waals surface area contributed by atoms with E-state index in [0.29, 0.717) is 18.7 Å². The first kappa shape index (κ1) is 9.98. The van der Waals surface area contributed by atoms with Gasteiger partial charge in [-0.2, -0.15) is 0 Å². The van der Waals surface area contributed by atoms with Gasteiger partial charge in [0.25, 0.3) is 0 Å². The van der Waals surface area contributed by atoms with Crippen LogP contribution in [0, 0.1) is 6.92 Å². The van der Waals surface area contributed by atoms with E-state index in [1.807, 2.05) is 25.1 Å². The zero-order valence-corrected chi connectivity index (χ0v) is 8.69. The van der Waals surface area contributed by atoms with Crippen molar-refractivity contribution >= 4 is 11.1 Å². The Balaban J connectivity index is 2.55. The quantitative estimate of drug-likeness (QED) is 0.822. The van der Waals surface area contributed by atoms with E-state index in [0.717, 1.165) is 17.5 Å². The standard InChI is InChI=1S/C11H14N2O2/c1-8-3-4-10-9(7-8)13(6-2-5-12)11(14)15-10/h3-4,7H,2,5-6,12H2,1H3. The maximum Gasteiger partial charge on any atom is 0.419 e. The van der Waals surface area contributed by atoms with Gasteiger partial charge in [0, 0.05) is 6.54 Å². The Hall–Kier alpha value is -1.55. The summed E-state index contributed by atoms with van der Waals surface area (Å²) in [4.78, 5) is 11.5. The Morgan fingerprint density at radius 1 is 1.47 bits per heavy atom. The molecule has 80 valence electrons. The lowest BCUT2D eigenvalue weighted by atomic mass is 10.2. The van der Waals surface area contributed by atoms with Crippen LogP contribution >= 0.6 is 0 Å². The van der Waals surface area contributed by atoms with Crippen molar-refractivity contribution in [1.29, 1.82) is 0 Å². The van der Waals surface area contributed by atoms with Crippen LogP contribution in [-0.4, -0.2) is 11.1 Å². The summed E-state index contributed by atoms with van der Waals surface area (Å²) in [5.41, 5.74) is 8.04. The molecular weight excluding hydrogens is 192 g/mol. The molecule has 0 fully saturated rings. The first-order chi connectivity index (χ1) is 7.22. The molecule has 15 heavy (non-hydrogen) atoms. The van der Waals surface area contributed by atoms with E-state index in [2.05, 4.69) is 0 Å². The van der Waals surface area contributed by atoms with Crippen molar-refractivity contribution < 1.29 is 4.42 Å². The van der Waals surface area contributed by atoms with Crippen molar-refractivity contribution in [3.8, 4) is 0 Å². The van der Waals surface area contributed by atoms with Crippen LogP contribution in [0.25, 0.3) is 11.1 Å². The summed E-state index contributed by atoms with van der Waals surface area (Å²) in [7, 11) is 0. The summed E-state index contributed by atoms with van der Waals surface area (Å²) in [5.74, 6) is -0.302. The van der Waals surface area contributed by atoms with E-state index in [1.165, 1.54) is 0 Å². The van der Waals surface area contributed by atoms with Gasteiger partial charge in [0.1, 0.15) is 0 Å². The van der Waals surface area contributed by atoms with Crippen molar-refractivity contribution in [2.45, 2.75) is 19.9 Å². The second kappa shape index (κ2) is 3.90. The molecule has 4 heteroatoms. The molecule has 1 aromatic carbocycles. The summed E-state index contributed by atoms with van der Waals surface area (Å²) in [6.45, 7) is 3.18. The predicted molar refractivity (Wildman–Crippen MR) is 58.9 cm³/mol. The highest BCUT2D eigenvalue weighted by Gasteiger charge is 2.07. The van der Waals surface area contributed by atoms with Gasteiger partial charge in [0.15, 0.2) is 5.58 Å². The monoisotopic (exact) mass is 206 g/mol. The van der Waals surface area contributed by atoms with Crippen LogP contribution in [0.4, 0.5) is 0 Å². The summed E-state index contributed by atoms with van der Waals surface area (Å²) >= 11 is 0. The van der Waals surface area contributed by atoms with Crippen LogP contribution in [0.1, 0.15) is 12.0 Å². The van der Waals surface area contributed by atoms with Crippen molar-refractivity contribution in [3.63, 3.8) is 0 Å². The largest absolute Gasteiger partial charge is 0.419 e. The molecule has 0 bridgehead atoms. The highest BCUT2D eigenvalue weighted by molar-refractivity contribution is 5.73. The van der Waals surface area contributed by atoms with Gasteiger partial charge >= 0.3 is 5.76 Å². The minimum Gasteiger partial charge on any atom is -0.408 e. The lowest BCUT2D eigenvalue weighted by molar-refractivity contribution is 0.499. The Morgan fingerprint density at radius 3 is 3.00 bits per heavy atom. The lowest BCUT2D eigenvalue weighted by Gasteiger charge is -2.00. The van der Waals surface area contributed by atoms with E-state index in [-0.39, 0.29) is 5.76 Å². The van der Waals surface area contributed by atoms with Crippen LogP contribution in [0.15, 0.2) is 27.4 Å². The third kappa shape index (κ3) is 1.80. The molecule has 1 heterocycles. The summed E-state index contributed by atoms with van der Waals surface area (Å²) in [6.07, 6.45) is 0.780. The SMILES string of the molecule is Cc1ccc2oc(=O)n(CCCN)c2c1. The third-order valence-corrected chi connectivity index (χ3v) is 2.41. The number of nitrogens with zero attached hydrogens (tertiary/aromatic N) is 1. The van der Waals surface area contributed by atoms with E-state index in [1.54, 1.807) is 4.57 Å². The van der Waals surface area contributed by atoms with E-state index < -0.39 is 0 Å². The predicted octanol–water partition coefficient (Wildman–Crippen LogP) is 1.25. The number of rotatable bonds is 3. The number of oxazole rings is 1. The Bertz CT molecular complexity index is 525. The normalized spacial score (nSPS) is 11.1. The molecule has 2 rings (SSSR count). The average molecular weight is 206 g/mol. The van der Waals surface area contributed by atoms with Gasteiger partial charge in [-0.1, -0.05) is 6.07 Å². The number of aryl methyl sites for hydroxylation is 2. The van der Waals surface area contributed by atoms with Crippen LogP contribution in [0.3, 0.4) is 0 Å². The second-order valence-electron chi connectivity index (χ2n) is 3.63. The highest BCUT2D eigenvalue weighted by Crippen LogP contribution is 2.14. The molecule has 4 nitrogen and oxygen atoms in total. The number of aromatic nitrogens is 1. The van der Waals surface area contributed by atoms with Gasteiger partial charge in [-0.25, -0.2) is 4.79 Å². The Labute approximate surface area is 87.3 Å². The maximum absolute atomic E-state index is 11.5. The molecule has 2 aromatic rings. The third-order valence-electron chi connectivity index (χ3n) is 2.41. The van der Waals surface area contributed by atoms with Gasteiger partial charge in [0.2, 0.25) is 0 Å². The second-order valence-corrected chi connectivity index (χ2v) is 3.63. The maximum atomic E-state index is 11.5. The first-order valence-corrected chi connectivity index (χ1v) is 5.02. The molecule has 0 radical (unpaired) electrons. The van der Waals surface area contributed by atoms with E-state index in [4.69, 9.17) is 10.2 Å². The van der Waals surface area contributed by atoms with Gasteiger partial charge in [-0.3, -0.25) is 4.57 Å². The molecule has 0 atom stereocenters. The first-order valence-electron chi connectivity index (χ1n) is 5.02. The molecule has 1 aromatic heterocycles. The molecule has 0 aliphatic carbocycles. The number of nitrogens with two attached hydrogens (primary N) is 1. The van der Waals surface area contributed by atoms with Crippen LogP contribution in [0.2, 0.25) is 0 Å². The number of hydrogen-bond donors (Lipinski definition) is 1. The molecule has 0 saturated heterocycles. The van der Waals surface area contributed by atoms with E-state index in [9.17, 15) is 4.79 Å². The smallest absolute Gasteiger partial charge is 0.408 e. The molecule has 0 spiro atoms. The molecule has 0 aliphatic heterocycles. The van der Waals surface area contributed by atoms with Crippen molar-refractivity contribution in [3.05, 3.63) is 34.3 Å². The lowest BCUT2D eigenvalue weighted by Crippen LogP contribution is -2.16.